The second-order valence-electron chi connectivity index (χ2n) is 7.86. The highest BCUT2D eigenvalue weighted by molar-refractivity contribution is 7.99. The largest absolute Gasteiger partial charge is 0.486 e. The molecule has 32 heavy (non-hydrogen) atoms. The molecule has 0 unspecified atom stereocenters. The number of hydrogen-bond acceptors (Lipinski definition) is 8. The molecule has 1 aromatic carbocycles. The van der Waals surface area contributed by atoms with E-state index in [1.54, 1.807) is 0 Å². The lowest BCUT2D eigenvalue weighted by Crippen LogP contribution is -2.14. The zero-order valence-corrected chi connectivity index (χ0v) is 20.0. The molecule has 1 fully saturated rings. The standard InChI is InChI=1S/C22H28N6O2S2/c1-3-28-18(13-30-17-11-9-15(2)10-12-17)24-27-22(28)31-14-19(29)23-21-26-25-20(32-21)16-7-5-4-6-8-16/h9-12,16H,3-8,13-14H2,1-2H3,(H,23,26,29). The molecule has 1 aliphatic carbocycles. The van der Waals surface area contributed by atoms with Crippen LogP contribution < -0.4 is 10.1 Å². The molecular weight excluding hydrogens is 444 g/mol. The van der Waals surface area contributed by atoms with E-state index < -0.39 is 0 Å². The number of rotatable bonds is 9. The van der Waals surface area contributed by atoms with Gasteiger partial charge >= 0.3 is 0 Å². The molecule has 1 aliphatic rings. The lowest BCUT2D eigenvalue weighted by atomic mass is 9.90. The molecule has 10 heteroatoms. The fourth-order valence-corrected chi connectivity index (χ4v) is 5.47. The fourth-order valence-electron chi connectivity index (χ4n) is 3.72. The maximum atomic E-state index is 12.4. The second-order valence-corrected chi connectivity index (χ2v) is 9.81. The monoisotopic (exact) mass is 472 g/mol. The zero-order valence-electron chi connectivity index (χ0n) is 18.4. The number of nitrogens with zero attached hydrogens (tertiary/aromatic N) is 5. The summed E-state index contributed by atoms with van der Waals surface area (Å²) in [4.78, 5) is 12.4. The zero-order chi connectivity index (χ0) is 22.3. The lowest BCUT2D eigenvalue weighted by molar-refractivity contribution is -0.113. The summed E-state index contributed by atoms with van der Waals surface area (Å²) in [5.74, 6) is 2.13. The predicted molar refractivity (Wildman–Crippen MR) is 126 cm³/mol. The van der Waals surface area contributed by atoms with Gasteiger partial charge in [-0.2, -0.15) is 0 Å². The quantitative estimate of drug-likeness (QED) is 0.446. The van der Waals surface area contributed by atoms with Crippen LogP contribution in [0, 0.1) is 6.92 Å². The van der Waals surface area contributed by atoms with Crippen LogP contribution in [0.4, 0.5) is 5.13 Å². The first kappa shape index (κ1) is 22.7. The van der Waals surface area contributed by atoms with Crippen LogP contribution in [0.5, 0.6) is 5.75 Å². The van der Waals surface area contributed by atoms with Crippen LogP contribution in [-0.2, 0) is 17.9 Å². The Morgan fingerprint density at radius 3 is 2.69 bits per heavy atom. The van der Waals surface area contributed by atoms with E-state index in [2.05, 4.69) is 25.7 Å². The number of aryl methyl sites for hydroxylation is 1. The van der Waals surface area contributed by atoms with Gasteiger partial charge in [0.15, 0.2) is 11.0 Å². The van der Waals surface area contributed by atoms with Crippen molar-refractivity contribution in [3.63, 3.8) is 0 Å². The number of aromatic nitrogens is 5. The van der Waals surface area contributed by atoms with E-state index in [0.717, 1.165) is 16.6 Å². The first-order valence-corrected chi connectivity index (χ1v) is 12.8. The number of hydrogen-bond donors (Lipinski definition) is 1. The Labute approximate surface area is 196 Å². The minimum atomic E-state index is -0.121. The van der Waals surface area contributed by atoms with Crippen LogP contribution in [0.3, 0.4) is 0 Å². The third-order valence-electron chi connectivity index (χ3n) is 5.47. The van der Waals surface area contributed by atoms with Crippen molar-refractivity contribution in [1.29, 1.82) is 0 Å². The van der Waals surface area contributed by atoms with Crippen LogP contribution in [0.1, 0.15) is 61.3 Å². The molecule has 170 valence electrons. The molecule has 4 rings (SSSR count). The summed E-state index contributed by atoms with van der Waals surface area (Å²) >= 11 is 2.85. The molecule has 1 N–H and O–H groups in total. The van der Waals surface area contributed by atoms with Gasteiger partial charge in [-0.25, -0.2) is 0 Å². The van der Waals surface area contributed by atoms with Crippen molar-refractivity contribution in [2.45, 2.75) is 70.2 Å². The normalized spacial score (nSPS) is 14.4. The summed E-state index contributed by atoms with van der Waals surface area (Å²) in [6.07, 6.45) is 6.14. The minimum Gasteiger partial charge on any atom is -0.486 e. The molecule has 2 heterocycles. The van der Waals surface area contributed by atoms with Gasteiger partial charge in [-0.3, -0.25) is 10.1 Å². The van der Waals surface area contributed by atoms with Gasteiger partial charge in [0.05, 0.1) is 5.75 Å². The van der Waals surface area contributed by atoms with Crippen LogP contribution in [0.25, 0.3) is 0 Å². The Kier molecular flexibility index (Phi) is 7.75. The first-order chi connectivity index (χ1) is 15.6. The molecular formula is C22H28N6O2S2. The summed E-state index contributed by atoms with van der Waals surface area (Å²) < 4.78 is 7.80. The topological polar surface area (TPSA) is 94.8 Å². The first-order valence-electron chi connectivity index (χ1n) is 11.0. The van der Waals surface area contributed by atoms with Crippen molar-refractivity contribution in [1.82, 2.24) is 25.0 Å². The number of thioether (sulfide) groups is 1. The smallest absolute Gasteiger partial charge is 0.236 e. The van der Waals surface area contributed by atoms with Crippen LogP contribution in [0.15, 0.2) is 29.4 Å². The van der Waals surface area contributed by atoms with Gasteiger partial charge in [-0.15, -0.1) is 20.4 Å². The summed E-state index contributed by atoms with van der Waals surface area (Å²) in [5, 5.41) is 22.1. The Morgan fingerprint density at radius 1 is 1.16 bits per heavy atom. The predicted octanol–water partition coefficient (Wildman–Crippen LogP) is 4.82. The molecule has 2 aromatic heterocycles. The van der Waals surface area contributed by atoms with E-state index in [1.807, 2.05) is 42.7 Å². The molecule has 0 spiro atoms. The van der Waals surface area contributed by atoms with Gasteiger partial charge < -0.3 is 9.30 Å². The summed E-state index contributed by atoms with van der Waals surface area (Å²) in [6, 6.07) is 7.90. The van der Waals surface area contributed by atoms with Gasteiger partial charge in [-0.05, 0) is 38.8 Å². The Morgan fingerprint density at radius 2 is 1.94 bits per heavy atom. The van der Waals surface area contributed by atoms with E-state index in [4.69, 9.17) is 4.74 Å². The SMILES string of the molecule is CCn1c(COc2ccc(C)cc2)nnc1SCC(=O)Nc1nnc(C2CCCCC2)s1. The van der Waals surface area contributed by atoms with Crippen LogP contribution in [0.2, 0.25) is 0 Å². The third-order valence-corrected chi connectivity index (χ3v) is 7.44. The molecule has 0 aliphatic heterocycles. The number of anilines is 1. The summed E-state index contributed by atoms with van der Waals surface area (Å²) in [6.45, 7) is 5.09. The van der Waals surface area contributed by atoms with E-state index in [0.29, 0.717) is 29.4 Å². The third kappa shape index (κ3) is 5.86. The number of carbonyl (C=O) groups excluding carboxylic acids is 1. The molecule has 0 bridgehead atoms. The Hall–Kier alpha value is -2.46. The van der Waals surface area contributed by atoms with Crippen molar-refractivity contribution >= 4 is 34.1 Å². The minimum absolute atomic E-state index is 0.121. The highest BCUT2D eigenvalue weighted by atomic mass is 32.2. The van der Waals surface area contributed by atoms with Crippen molar-refractivity contribution < 1.29 is 9.53 Å². The number of carbonyl (C=O) groups is 1. The number of nitrogens with one attached hydrogen (secondary N) is 1. The lowest BCUT2D eigenvalue weighted by Gasteiger charge is -2.18. The number of amides is 1. The summed E-state index contributed by atoms with van der Waals surface area (Å²) in [5.41, 5.74) is 1.18. The molecule has 3 aromatic rings. The summed E-state index contributed by atoms with van der Waals surface area (Å²) in [7, 11) is 0. The Bertz CT molecular complexity index is 1030. The fraction of sp³-hybridized carbons (Fsp3) is 0.500. The molecule has 0 saturated heterocycles. The molecule has 1 saturated carbocycles. The molecule has 0 radical (unpaired) electrons. The molecule has 0 atom stereocenters. The van der Waals surface area contributed by atoms with Gasteiger partial charge in [0.2, 0.25) is 11.0 Å². The van der Waals surface area contributed by atoms with Crippen LogP contribution >= 0.6 is 23.1 Å². The van der Waals surface area contributed by atoms with Gasteiger partial charge in [0, 0.05) is 12.5 Å². The van der Waals surface area contributed by atoms with Gasteiger partial charge in [0.1, 0.15) is 17.4 Å². The average molecular weight is 473 g/mol. The second kappa shape index (κ2) is 10.9. The van der Waals surface area contributed by atoms with E-state index in [9.17, 15) is 4.79 Å². The Balaban J connectivity index is 1.29. The molecule has 8 nitrogen and oxygen atoms in total. The van der Waals surface area contributed by atoms with E-state index in [-0.39, 0.29) is 11.7 Å². The van der Waals surface area contributed by atoms with Gasteiger partial charge in [0.25, 0.3) is 0 Å². The van der Waals surface area contributed by atoms with Crippen molar-refractivity contribution in [2.75, 3.05) is 11.1 Å². The maximum Gasteiger partial charge on any atom is 0.236 e. The van der Waals surface area contributed by atoms with Gasteiger partial charge in [-0.1, -0.05) is 60.1 Å². The number of benzene rings is 1. The maximum absolute atomic E-state index is 12.4. The van der Waals surface area contributed by atoms with Crippen molar-refractivity contribution in [3.8, 4) is 5.75 Å². The van der Waals surface area contributed by atoms with Crippen molar-refractivity contribution in [2.24, 2.45) is 0 Å². The van der Waals surface area contributed by atoms with Crippen molar-refractivity contribution in [3.05, 3.63) is 40.7 Å². The van der Waals surface area contributed by atoms with Crippen LogP contribution in [-0.4, -0.2) is 36.6 Å². The molecule has 1 amide bonds. The van der Waals surface area contributed by atoms with E-state index >= 15 is 0 Å². The highest BCUT2D eigenvalue weighted by Crippen LogP contribution is 2.35. The van der Waals surface area contributed by atoms with E-state index in [1.165, 1.54) is 60.8 Å². The highest BCUT2D eigenvalue weighted by Gasteiger charge is 2.20. The average Bonchev–Trinajstić information content (AvgIpc) is 3.44. The number of ether oxygens (including phenoxy) is 1.